The summed E-state index contributed by atoms with van der Waals surface area (Å²) >= 11 is 8.94. The summed E-state index contributed by atoms with van der Waals surface area (Å²) in [5, 5.41) is 21.4. The number of thioether (sulfide) groups is 1. The molecule has 1 aliphatic heterocycles. The van der Waals surface area contributed by atoms with Gasteiger partial charge in [0.2, 0.25) is 5.13 Å². The Morgan fingerprint density at radius 2 is 1.72 bits per heavy atom. The van der Waals surface area contributed by atoms with Gasteiger partial charge in [-0.1, -0.05) is 89.3 Å². The summed E-state index contributed by atoms with van der Waals surface area (Å²) in [6.45, 7) is 1.74. The molecule has 0 radical (unpaired) electrons. The number of carbonyl (C=O) groups is 2. The zero-order valence-electron chi connectivity index (χ0n) is 24.2. The fourth-order valence-corrected chi connectivity index (χ4v) is 7.51. The third-order valence-electron chi connectivity index (χ3n) is 7.44. The molecule has 0 bridgehead atoms. The lowest BCUT2D eigenvalue weighted by atomic mass is 9.96. The molecule has 1 amide bonds. The van der Waals surface area contributed by atoms with Gasteiger partial charge in [0.25, 0.3) is 5.78 Å². The standard InChI is InChI=1S/C34H24ClN5O4S2/c1-20-28(39-17-8-7-16-26(39)36-20)30(41)27-29(21-11-9-14-24(18-21)44-23-12-3-2-4-13-23)40(32(43)31(27)42)33-37-38-34(46-33)45-19-22-10-5-6-15-25(22)35/h2-18,29,41H,19H2,1H3/b30-27+. The number of hydrogen-bond acceptors (Lipinski definition) is 9. The molecule has 4 heterocycles. The van der Waals surface area contributed by atoms with Crippen LogP contribution in [0.5, 0.6) is 11.5 Å². The second-order valence-electron chi connectivity index (χ2n) is 10.4. The molecule has 6 aromatic rings. The van der Waals surface area contributed by atoms with Crippen LogP contribution >= 0.6 is 34.7 Å². The third kappa shape index (κ3) is 5.53. The number of Topliss-reactive ketones (excluding diaryl/α,β-unsaturated/α-hetero) is 1. The van der Waals surface area contributed by atoms with Crippen LogP contribution in [0.3, 0.4) is 0 Å². The maximum absolute atomic E-state index is 13.9. The van der Waals surface area contributed by atoms with Crippen molar-refractivity contribution in [3.63, 3.8) is 0 Å². The summed E-state index contributed by atoms with van der Waals surface area (Å²) in [5.74, 6) is -0.348. The van der Waals surface area contributed by atoms with E-state index in [9.17, 15) is 14.7 Å². The molecule has 0 saturated carbocycles. The average molecular weight is 666 g/mol. The minimum Gasteiger partial charge on any atom is -0.505 e. The highest BCUT2D eigenvalue weighted by Crippen LogP contribution is 2.45. The van der Waals surface area contributed by atoms with Gasteiger partial charge >= 0.3 is 5.91 Å². The zero-order chi connectivity index (χ0) is 31.8. The lowest BCUT2D eigenvalue weighted by Gasteiger charge is -2.23. The average Bonchev–Trinajstić information content (AvgIpc) is 3.74. The Hall–Kier alpha value is -4.97. The minimum absolute atomic E-state index is 0.0870. The Morgan fingerprint density at radius 1 is 0.957 bits per heavy atom. The summed E-state index contributed by atoms with van der Waals surface area (Å²) in [6, 6.07) is 28.3. The van der Waals surface area contributed by atoms with Crippen molar-refractivity contribution in [2.24, 2.45) is 0 Å². The van der Waals surface area contributed by atoms with E-state index in [1.165, 1.54) is 28.0 Å². The topological polar surface area (TPSA) is 110 Å². The van der Waals surface area contributed by atoms with Gasteiger partial charge in [0, 0.05) is 17.0 Å². The van der Waals surface area contributed by atoms with Crippen molar-refractivity contribution in [1.82, 2.24) is 19.6 Å². The number of rotatable bonds is 8. The van der Waals surface area contributed by atoms with Crippen LogP contribution in [0.4, 0.5) is 5.13 Å². The molecule has 46 heavy (non-hydrogen) atoms. The van der Waals surface area contributed by atoms with Crippen LogP contribution in [0, 0.1) is 6.92 Å². The van der Waals surface area contributed by atoms with Crippen LogP contribution in [0.15, 0.2) is 113 Å². The number of aliphatic hydroxyl groups is 1. The molecule has 12 heteroatoms. The molecule has 9 nitrogen and oxygen atoms in total. The molecule has 1 unspecified atom stereocenters. The Labute approximate surface area is 276 Å². The predicted molar refractivity (Wildman–Crippen MR) is 179 cm³/mol. The van der Waals surface area contributed by atoms with Crippen molar-refractivity contribution in [2.75, 3.05) is 4.90 Å². The maximum Gasteiger partial charge on any atom is 0.301 e. The van der Waals surface area contributed by atoms with Gasteiger partial charge in [0.05, 0.1) is 17.3 Å². The van der Waals surface area contributed by atoms with Crippen LogP contribution in [0.2, 0.25) is 5.02 Å². The largest absolute Gasteiger partial charge is 0.505 e. The van der Waals surface area contributed by atoms with Gasteiger partial charge in [-0.15, -0.1) is 10.2 Å². The van der Waals surface area contributed by atoms with Crippen LogP contribution in [0.1, 0.15) is 28.6 Å². The molecular weight excluding hydrogens is 642 g/mol. The summed E-state index contributed by atoms with van der Waals surface area (Å²) in [5.41, 5.74) is 2.81. The van der Waals surface area contributed by atoms with E-state index in [0.717, 1.165) is 5.56 Å². The molecular formula is C34H24ClN5O4S2. The molecule has 7 rings (SSSR count). The third-order valence-corrected chi connectivity index (χ3v) is 9.91. The number of benzene rings is 3. The number of nitrogens with zero attached hydrogens (tertiary/aromatic N) is 5. The number of pyridine rings is 1. The molecule has 228 valence electrons. The number of halogens is 1. The number of aromatic nitrogens is 4. The highest BCUT2D eigenvalue weighted by Gasteiger charge is 2.49. The number of para-hydroxylation sites is 1. The zero-order valence-corrected chi connectivity index (χ0v) is 26.6. The van der Waals surface area contributed by atoms with Gasteiger partial charge in [-0.2, -0.15) is 0 Å². The summed E-state index contributed by atoms with van der Waals surface area (Å²) in [7, 11) is 0. The maximum atomic E-state index is 13.9. The predicted octanol–water partition coefficient (Wildman–Crippen LogP) is 7.86. The van der Waals surface area contributed by atoms with E-state index in [0.29, 0.717) is 49.2 Å². The van der Waals surface area contributed by atoms with Crippen LogP contribution in [0.25, 0.3) is 11.4 Å². The molecule has 1 aliphatic rings. The monoisotopic (exact) mass is 665 g/mol. The number of fused-ring (bicyclic) bond motifs is 1. The number of ether oxygens (including phenoxy) is 1. The minimum atomic E-state index is -1.03. The van der Waals surface area contributed by atoms with Gasteiger partial charge in [0.15, 0.2) is 10.1 Å². The molecule has 3 aromatic heterocycles. The van der Waals surface area contributed by atoms with E-state index < -0.39 is 17.7 Å². The molecule has 0 spiro atoms. The molecule has 1 saturated heterocycles. The van der Waals surface area contributed by atoms with Gasteiger partial charge in [-0.05, 0) is 60.5 Å². The quantitative estimate of drug-likeness (QED) is 0.0575. The van der Waals surface area contributed by atoms with Crippen LogP contribution in [-0.2, 0) is 15.3 Å². The Balaban J connectivity index is 1.33. The van der Waals surface area contributed by atoms with Crippen molar-refractivity contribution in [2.45, 2.75) is 23.1 Å². The first kappa shape index (κ1) is 29.7. The number of ketones is 1. The first-order chi connectivity index (χ1) is 22.4. The number of amides is 1. The number of aliphatic hydroxyl groups excluding tert-OH is 1. The Kier molecular flexibility index (Phi) is 8.03. The Bertz CT molecular complexity index is 2150. The smallest absolute Gasteiger partial charge is 0.301 e. The molecule has 3 aromatic carbocycles. The van der Waals surface area contributed by atoms with Crippen molar-refractivity contribution in [1.29, 1.82) is 0 Å². The van der Waals surface area contributed by atoms with Gasteiger partial charge < -0.3 is 9.84 Å². The molecule has 1 fully saturated rings. The van der Waals surface area contributed by atoms with E-state index in [1.807, 2.05) is 60.7 Å². The first-order valence-electron chi connectivity index (χ1n) is 14.2. The highest BCUT2D eigenvalue weighted by atomic mass is 35.5. The van der Waals surface area contributed by atoms with Crippen molar-refractivity contribution < 1.29 is 19.4 Å². The van der Waals surface area contributed by atoms with Gasteiger partial charge in [-0.3, -0.25) is 18.9 Å². The molecule has 1 atom stereocenters. The second-order valence-corrected chi connectivity index (χ2v) is 12.9. The van der Waals surface area contributed by atoms with Crippen LogP contribution in [-0.4, -0.2) is 36.4 Å². The Morgan fingerprint density at radius 3 is 2.54 bits per heavy atom. The van der Waals surface area contributed by atoms with Crippen LogP contribution < -0.4 is 9.64 Å². The molecule has 0 aliphatic carbocycles. The van der Waals surface area contributed by atoms with E-state index in [1.54, 1.807) is 53.9 Å². The van der Waals surface area contributed by atoms with E-state index >= 15 is 0 Å². The van der Waals surface area contributed by atoms with Gasteiger partial charge in [0.1, 0.15) is 22.8 Å². The highest BCUT2D eigenvalue weighted by molar-refractivity contribution is 8.00. The number of aryl methyl sites for hydroxylation is 1. The lowest BCUT2D eigenvalue weighted by molar-refractivity contribution is -0.132. The number of carbonyl (C=O) groups excluding carboxylic acids is 2. The fraction of sp³-hybridized carbons (Fsp3) is 0.0882. The van der Waals surface area contributed by atoms with E-state index in [-0.39, 0.29) is 16.5 Å². The number of anilines is 1. The molecule has 1 N–H and O–H groups in total. The first-order valence-corrected chi connectivity index (χ1v) is 16.3. The summed E-state index contributed by atoms with van der Waals surface area (Å²) < 4.78 is 8.37. The summed E-state index contributed by atoms with van der Waals surface area (Å²) in [6.07, 6.45) is 1.75. The second kappa shape index (κ2) is 12.4. The van der Waals surface area contributed by atoms with Gasteiger partial charge in [-0.25, -0.2) is 4.98 Å². The SMILES string of the molecule is Cc1nc2ccccn2c1/C(O)=C1\C(=O)C(=O)N(c2nnc(SCc3ccccc3Cl)s2)C1c1cccc(Oc2ccccc2)c1. The van der Waals surface area contributed by atoms with Crippen molar-refractivity contribution in [3.05, 3.63) is 136 Å². The fourth-order valence-electron chi connectivity index (χ4n) is 5.36. The number of hydrogen-bond donors (Lipinski definition) is 1. The van der Waals surface area contributed by atoms with Crippen molar-refractivity contribution in [3.8, 4) is 11.5 Å². The summed E-state index contributed by atoms with van der Waals surface area (Å²) in [4.78, 5) is 33.5. The lowest BCUT2D eigenvalue weighted by Crippen LogP contribution is -2.29. The van der Waals surface area contributed by atoms with E-state index in [4.69, 9.17) is 16.3 Å². The number of imidazole rings is 1. The van der Waals surface area contributed by atoms with Crippen molar-refractivity contribution >= 4 is 62.9 Å². The normalized spacial score (nSPS) is 16.0. The van der Waals surface area contributed by atoms with E-state index in [2.05, 4.69) is 15.2 Å².